The smallest absolute Gasteiger partial charge is 0.312 e. The fourth-order valence-electron chi connectivity index (χ4n) is 2.66. The summed E-state index contributed by atoms with van der Waals surface area (Å²) in [5, 5.41) is 14.2. The standard InChI is InChI=1S/C15H17ClN2O4/c16-11-5-6-13(12(7-11)18(20)21)22-8-14(19)17-15(9-1-2-9)10-3-4-10/h5-7,9-10,15H,1-4,8H2,(H,17,19). The predicted molar refractivity (Wildman–Crippen MR) is 81.0 cm³/mol. The summed E-state index contributed by atoms with van der Waals surface area (Å²) in [6.45, 7) is -0.224. The maximum absolute atomic E-state index is 12.0. The van der Waals surface area contributed by atoms with Crippen molar-refractivity contribution >= 4 is 23.2 Å². The van der Waals surface area contributed by atoms with Crippen LogP contribution in [-0.4, -0.2) is 23.5 Å². The van der Waals surface area contributed by atoms with E-state index in [4.69, 9.17) is 16.3 Å². The summed E-state index contributed by atoms with van der Waals surface area (Å²) in [6.07, 6.45) is 4.69. The lowest BCUT2D eigenvalue weighted by atomic mass is 10.1. The molecule has 0 aliphatic heterocycles. The minimum absolute atomic E-state index is 0.0546. The lowest BCUT2D eigenvalue weighted by molar-refractivity contribution is -0.385. The molecule has 0 spiro atoms. The van der Waals surface area contributed by atoms with Crippen LogP contribution in [0.15, 0.2) is 18.2 Å². The quantitative estimate of drug-likeness (QED) is 0.617. The maximum Gasteiger partial charge on any atom is 0.312 e. The van der Waals surface area contributed by atoms with Crippen molar-refractivity contribution in [2.75, 3.05) is 6.61 Å². The van der Waals surface area contributed by atoms with E-state index in [1.165, 1.54) is 43.9 Å². The van der Waals surface area contributed by atoms with Crippen LogP contribution in [0.2, 0.25) is 5.02 Å². The third-order valence-electron chi connectivity index (χ3n) is 4.06. The van der Waals surface area contributed by atoms with Crippen LogP contribution in [0, 0.1) is 22.0 Å². The Morgan fingerprint density at radius 1 is 1.36 bits per heavy atom. The number of benzene rings is 1. The molecule has 1 aromatic carbocycles. The largest absolute Gasteiger partial charge is 0.477 e. The predicted octanol–water partition coefficient (Wildman–Crippen LogP) is 2.93. The van der Waals surface area contributed by atoms with Gasteiger partial charge in [-0.1, -0.05) is 11.6 Å². The molecule has 2 aliphatic carbocycles. The summed E-state index contributed by atoms with van der Waals surface area (Å²) in [7, 11) is 0. The molecule has 3 rings (SSSR count). The van der Waals surface area contributed by atoms with Gasteiger partial charge in [-0.15, -0.1) is 0 Å². The van der Waals surface area contributed by atoms with E-state index >= 15 is 0 Å². The van der Waals surface area contributed by atoms with Gasteiger partial charge in [0.2, 0.25) is 0 Å². The van der Waals surface area contributed by atoms with Gasteiger partial charge in [-0.3, -0.25) is 14.9 Å². The van der Waals surface area contributed by atoms with E-state index in [1.54, 1.807) is 0 Å². The first kappa shape index (κ1) is 15.1. The molecule has 22 heavy (non-hydrogen) atoms. The molecule has 0 aromatic heterocycles. The molecule has 6 nitrogen and oxygen atoms in total. The summed E-state index contributed by atoms with van der Waals surface area (Å²) in [6, 6.07) is 4.37. The first-order chi connectivity index (χ1) is 10.5. The average molecular weight is 325 g/mol. The molecule has 1 N–H and O–H groups in total. The van der Waals surface area contributed by atoms with Crippen molar-refractivity contribution in [2.45, 2.75) is 31.7 Å². The third kappa shape index (κ3) is 3.68. The van der Waals surface area contributed by atoms with E-state index in [2.05, 4.69) is 5.32 Å². The van der Waals surface area contributed by atoms with Crippen LogP contribution >= 0.6 is 11.6 Å². The number of hydrogen-bond donors (Lipinski definition) is 1. The number of carbonyl (C=O) groups is 1. The SMILES string of the molecule is O=C(COc1ccc(Cl)cc1[N+](=O)[O-])NC(C1CC1)C1CC1. The molecule has 118 valence electrons. The summed E-state index contributed by atoms with van der Waals surface area (Å²) in [5.74, 6) is 1.02. The number of amides is 1. The summed E-state index contributed by atoms with van der Waals surface area (Å²) >= 11 is 5.74. The molecule has 2 aliphatic rings. The summed E-state index contributed by atoms with van der Waals surface area (Å²) in [5.41, 5.74) is -0.235. The molecule has 7 heteroatoms. The Labute approximate surface area is 132 Å². The Hall–Kier alpha value is -1.82. The zero-order valence-electron chi connectivity index (χ0n) is 12.0. The first-order valence-corrected chi connectivity index (χ1v) is 7.78. The maximum atomic E-state index is 12.0. The molecule has 0 heterocycles. The molecule has 1 amide bonds. The minimum Gasteiger partial charge on any atom is -0.477 e. The lowest BCUT2D eigenvalue weighted by Gasteiger charge is -2.17. The molecule has 0 saturated heterocycles. The molecule has 0 unspecified atom stereocenters. The van der Waals surface area contributed by atoms with Crippen molar-refractivity contribution < 1.29 is 14.5 Å². The van der Waals surface area contributed by atoms with Crippen molar-refractivity contribution in [3.8, 4) is 5.75 Å². The zero-order valence-corrected chi connectivity index (χ0v) is 12.7. The van der Waals surface area contributed by atoms with Gasteiger partial charge in [0.1, 0.15) is 0 Å². The number of nitrogens with one attached hydrogen (secondary N) is 1. The highest BCUT2D eigenvalue weighted by molar-refractivity contribution is 6.30. The number of nitrogens with zero attached hydrogens (tertiary/aromatic N) is 1. The number of hydrogen-bond acceptors (Lipinski definition) is 4. The van der Waals surface area contributed by atoms with Gasteiger partial charge < -0.3 is 10.1 Å². The zero-order chi connectivity index (χ0) is 15.7. The van der Waals surface area contributed by atoms with Crippen molar-refractivity contribution in [1.82, 2.24) is 5.32 Å². The van der Waals surface area contributed by atoms with Crippen LogP contribution in [0.3, 0.4) is 0 Å². The van der Waals surface area contributed by atoms with Crippen LogP contribution in [0.4, 0.5) is 5.69 Å². The van der Waals surface area contributed by atoms with Crippen LogP contribution in [0.5, 0.6) is 5.75 Å². The Morgan fingerprint density at radius 2 is 2.00 bits per heavy atom. The van der Waals surface area contributed by atoms with E-state index in [0.717, 1.165) is 0 Å². The Balaban J connectivity index is 1.57. The highest BCUT2D eigenvalue weighted by atomic mass is 35.5. The number of rotatable bonds is 7. The Bertz CT molecular complexity index is 587. The van der Waals surface area contributed by atoms with Crippen LogP contribution < -0.4 is 10.1 Å². The topological polar surface area (TPSA) is 81.5 Å². The molecular weight excluding hydrogens is 308 g/mol. The van der Waals surface area contributed by atoms with E-state index in [9.17, 15) is 14.9 Å². The fourth-order valence-corrected chi connectivity index (χ4v) is 2.82. The van der Waals surface area contributed by atoms with Gasteiger partial charge in [0.15, 0.2) is 12.4 Å². The highest BCUT2D eigenvalue weighted by Crippen LogP contribution is 2.44. The molecule has 0 bridgehead atoms. The van der Waals surface area contributed by atoms with Crippen molar-refractivity contribution in [3.63, 3.8) is 0 Å². The number of nitro groups is 1. The molecule has 0 radical (unpaired) electrons. The van der Waals surface area contributed by atoms with E-state index in [-0.39, 0.29) is 35.0 Å². The van der Waals surface area contributed by atoms with Crippen molar-refractivity contribution in [2.24, 2.45) is 11.8 Å². The monoisotopic (exact) mass is 324 g/mol. The number of nitro benzene ring substituents is 1. The molecule has 2 saturated carbocycles. The number of halogens is 1. The first-order valence-electron chi connectivity index (χ1n) is 7.40. The normalized spacial score (nSPS) is 17.4. The second-order valence-corrected chi connectivity index (χ2v) is 6.36. The molecule has 1 aromatic rings. The second kappa shape index (κ2) is 6.12. The Kier molecular flexibility index (Phi) is 4.20. The average Bonchev–Trinajstić information content (AvgIpc) is 3.37. The van der Waals surface area contributed by atoms with Crippen LogP contribution in [0.1, 0.15) is 25.7 Å². The van der Waals surface area contributed by atoms with E-state index in [1.807, 2.05) is 0 Å². The van der Waals surface area contributed by atoms with Crippen molar-refractivity contribution in [3.05, 3.63) is 33.3 Å². The van der Waals surface area contributed by atoms with Gasteiger partial charge in [0.05, 0.1) is 4.92 Å². The highest BCUT2D eigenvalue weighted by Gasteiger charge is 2.42. The van der Waals surface area contributed by atoms with Crippen LogP contribution in [0.25, 0.3) is 0 Å². The van der Waals surface area contributed by atoms with Gasteiger partial charge in [-0.25, -0.2) is 0 Å². The van der Waals surface area contributed by atoms with Gasteiger partial charge >= 0.3 is 5.69 Å². The van der Waals surface area contributed by atoms with Gasteiger partial charge in [0.25, 0.3) is 5.91 Å². The van der Waals surface area contributed by atoms with E-state index in [0.29, 0.717) is 11.8 Å². The summed E-state index contributed by atoms with van der Waals surface area (Å²) < 4.78 is 5.30. The molecule has 0 atom stereocenters. The lowest BCUT2D eigenvalue weighted by Crippen LogP contribution is -2.40. The molecular formula is C15H17ClN2O4. The van der Waals surface area contributed by atoms with Crippen LogP contribution in [-0.2, 0) is 4.79 Å². The van der Waals surface area contributed by atoms with Gasteiger partial charge in [0, 0.05) is 17.1 Å². The van der Waals surface area contributed by atoms with Gasteiger partial charge in [-0.2, -0.15) is 0 Å². The second-order valence-electron chi connectivity index (χ2n) is 5.93. The number of carbonyl (C=O) groups excluding carboxylic acids is 1. The third-order valence-corrected chi connectivity index (χ3v) is 4.30. The minimum atomic E-state index is -0.573. The van der Waals surface area contributed by atoms with Crippen molar-refractivity contribution in [1.29, 1.82) is 0 Å². The molecule has 2 fully saturated rings. The fraction of sp³-hybridized carbons (Fsp3) is 0.533. The van der Waals surface area contributed by atoms with Gasteiger partial charge in [-0.05, 0) is 49.7 Å². The Morgan fingerprint density at radius 3 is 2.55 bits per heavy atom. The summed E-state index contributed by atoms with van der Waals surface area (Å²) in [4.78, 5) is 22.4. The van der Waals surface area contributed by atoms with E-state index < -0.39 is 4.92 Å². The number of ether oxygens (including phenoxy) is 1.